The maximum Gasteiger partial charge on any atom is 0.251 e. The van der Waals surface area contributed by atoms with Crippen LogP contribution in [-0.4, -0.2) is 29.4 Å². The topological polar surface area (TPSA) is 71.1 Å². The highest BCUT2D eigenvalue weighted by Crippen LogP contribution is 2.07. The number of hydrogen-bond acceptors (Lipinski definition) is 3. The third-order valence-corrected chi connectivity index (χ3v) is 4.42. The Morgan fingerprint density at radius 2 is 1.66 bits per heavy atom. The number of amides is 2. The molecule has 29 heavy (non-hydrogen) atoms. The van der Waals surface area contributed by atoms with Crippen LogP contribution in [-0.2, 0) is 17.6 Å². The van der Waals surface area contributed by atoms with E-state index in [1.54, 1.807) is 6.20 Å². The summed E-state index contributed by atoms with van der Waals surface area (Å²) in [7, 11) is 0. The molecule has 0 aliphatic rings. The van der Waals surface area contributed by atoms with Gasteiger partial charge in [-0.05, 0) is 42.0 Å². The number of carbonyl (C=O) groups excluding carboxylic acids is 2. The highest BCUT2D eigenvalue weighted by Gasteiger charge is 2.21. The van der Waals surface area contributed by atoms with Crippen molar-refractivity contribution in [2.45, 2.75) is 18.9 Å². The van der Waals surface area contributed by atoms with E-state index >= 15 is 0 Å². The molecule has 5 nitrogen and oxygen atoms in total. The average Bonchev–Trinajstić information content (AvgIpc) is 2.75. The van der Waals surface area contributed by atoms with E-state index in [1.807, 2.05) is 48.5 Å². The zero-order chi connectivity index (χ0) is 20.5. The molecule has 1 unspecified atom stereocenters. The normalized spacial score (nSPS) is 11.5. The first kappa shape index (κ1) is 20.2. The van der Waals surface area contributed by atoms with Crippen LogP contribution in [0.5, 0.6) is 0 Å². The van der Waals surface area contributed by atoms with Crippen molar-refractivity contribution < 1.29 is 14.0 Å². The number of benzene rings is 2. The Bertz CT molecular complexity index is 931. The van der Waals surface area contributed by atoms with E-state index in [1.165, 1.54) is 24.3 Å². The van der Waals surface area contributed by atoms with E-state index < -0.39 is 17.8 Å². The lowest BCUT2D eigenvalue weighted by molar-refractivity contribution is -0.122. The Balaban J connectivity index is 1.65. The van der Waals surface area contributed by atoms with Crippen molar-refractivity contribution >= 4 is 11.8 Å². The van der Waals surface area contributed by atoms with Crippen molar-refractivity contribution in [1.82, 2.24) is 15.6 Å². The predicted octanol–water partition coefficient (Wildman–Crippen LogP) is 2.92. The van der Waals surface area contributed by atoms with Crippen molar-refractivity contribution in [3.63, 3.8) is 0 Å². The summed E-state index contributed by atoms with van der Waals surface area (Å²) in [6.07, 6.45) is 2.65. The number of nitrogens with one attached hydrogen (secondary N) is 2. The number of halogens is 1. The minimum Gasteiger partial charge on any atom is -0.354 e. The molecule has 148 valence electrons. The summed E-state index contributed by atoms with van der Waals surface area (Å²) in [6.45, 7) is 0.410. The van der Waals surface area contributed by atoms with Crippen molar-refractivity contribution in [2.75, 3.05) is 6.54 Å². The molecule has 0 saturated heterocycles. The van der Waals surface area contributed by atoms with Gasteiger partial charge in [-0.2, -0.15) is 0 Å². The lowest BCUT2D eigenvalue weighted by Crippen LogP contribution is -2.48. The van der Waals surface area contributed by atoms with Gasteiger partial charge in [0.15, 0.2) is 0 Å². The van der Waals surface area contributed by atoms with E-state index in [0.29, 0.717) is 24.9 Å². The van der Waals surface area contributed by atoms with Gasteiger partial charge in [-0.15, -0.1) is 0 Å². The van der Waals surface area contributed by atoms with Crippen molar-refractivity contribution in [3.8, 4) is 0 Å². The summed E-state index contributed by atoms with van der Waals surface area (Å²) >= 11 is 0. The van der Waals surface area contributed by atoms with Gasteiger partial charge < -0.3 is 10.6 Å². The van der Waals surface area contributed by atoms with Crippen LogP contribution in [0.2, 0.25) is 0 Å². The van der Waals surface area contributed by atoms with Crippen molar-refractivity contribution in [1.29, 1.82) is 0 Å². The maximum atomic E-state index is 13.1. The number of nitrogens with zero attached hydrogens (tertiary/aromatic N) is 1. The van der Waals surface area contributed by atoms with Gasteiger partial charge in [0.05, 0.1) is 0 Å². The summed E-state index contributed by atoms with van der Waals surface area (Å²) in [5.74, 6) is -1.12. The minimum absolute atomic E-state index is 0.278. The molecular formula is C23H22FN3O2. The molecule has 3 rings (SSSR count). The monoisotopic (exact) mass is 391 g/mol. The van der Waals surface area contributed by atoms with Gasteiger partial charge in [-0.25, -0.2) is 4.39 Å². The zero-order valence-corrected chi connectivity index (χ0v) is 15.8. The Labute approximate surface area is 169 Å². The number of hydrogen-bond donors (Lipinski definition) is 2. The molecule has 1 atom stereocenters. The second-order valence-electron chi connectivity index (χ2n) is 6.58. The quantitative estimate of drug-likeness (QED) is 0.620. The standard InChI is InChI=1S/C23H22FN3O2/c24-19-11-9-18(10-12-19)22(28)27-21(16-17-6-2-1-3-7-17)23(29)26-15-13-20-8-4-5-14-25-20/h1-12,14,21H,13,15-16H2,(H,26,29)(H,27,28). The van der Waals surface area contributed by atoms with Crippen LogP contribution in [0.1, 0.15) is 21.6 Å². The summed E-state index contributed by atoms with van der Waals surface area (Å²) in [5, 5.41) is 5.62. The van der Waals surface area contributed by atoms with Crippen LogP contribution in [0.15, 0.2) is 79.0 Å². The predicted molar refractivity (Wildman–Crippen MR) is 109 cm³/mol. The van der Waals surface area contributed by atoms with E-state index in [-0.39, 0.29) is 5.91 Å². The van der Waals surface area contributed by atoms with E-state index in [0.717, 1.165) is 11.3 Å². The molecule has 0 aliphatic heterocycles. The summed E-state index contributed by atoms with van der Waals surface area (Å²) in [4.78, 5) is 29.5. The molecule has 0 radical (unpaired) electrons. The lowest BCUT2D eigenvalue weighted by atomic mass is 10.0. The third kappa shape index (κ3) is 6.24. The van der Waals surface area contributed by atoms with Gasteiger partial charge in [0.1, 0.15) is 11.9 Å². The zero-order valence-electron chi connectivity index (χ0n) is 15.8. The van der Waals surface area contributed by atoms with Crippen LogP contribution >= 0.6 is 0 Å². The second-order valence-corrected chi connectivity index (χ2v) is 6.58. The van der Waals surface area contributed by atoms with E-state index in [2.05, 4.69) is 15.6 Å². The van der Waals surface area contributed by atoms with Crippen molar-refractivity contribution in [2.24, 2.45) is 0 Å². The lowest BCUT2D eigenvalue weighted by Gasteiger charge is -2.19. The smallest absolute Gasteiger partial charge is 0.251 e. The molecule has 0 spiro atoms. The molecule has 6 heteroatoms. The Morgan fingerprint density at radius 3 is 2.34 bits per heavy atom. The first-order chi connectivity index (χ1) is 14.1. The molecule has 1 heterocycles. The Kier molecular flexibility index (Phi) is 7.05. The molecule has 0 bridgehead atoms. The average molecular weight is 391 g/mol. The fourth-order valence-corrected chi connectivity index (χ4v) is 2.88. The van der Waals surface area contributed by atoms with E-state index in [9.17, 15) is 14.0 Å². The molecular weight excluding hydrogens is 369 g/mol. The van der Waals surface area contributed by atoms with Gasteiger partial charge >= 0.3 is 0 Å². The molecule has 2 amide bonds. The molecule has 3 aromatic rings. The molecule has 0 fully saturated rings. The molecule has 2 N–H and O–H groups in total. The number of carbonyl (C=O) groups is 2. The van der Waals surface area contributed by atoms with Crippen molar-refractivity contribution in [3.05, 3.63) is 102 Å². The van der Waals surface area contributed by atoms with Gasteiger partial charge in [0, 0.05) is 36.8 Å². The summed E-state index contributed by atoms with van der Waals surface area (Å²) < 4.78 is 13.1. The maximum absolute atomic E-state index is 13.1. The molecule has 0 saturated carbocycles. The number of pyridine rings is 1. The SMILES string of the molecule is O=C(NC(Cc1ccccc1)C(=O)NCCc1ccccn1)c1ccc(F)cc1. The molecule has 1 aromatic heterocycles. The fraction of sp³-hybridized carbons (Fsp3) is 0.174. The van der Waals surface area contributed by atoms with Crippen LogP contribution in [0.3, 0.4) is 0 Å². The largest absolute Gasteiger partial charge is 0.354 e. The van der Waals surface area contributed by atoms with Crippen LogP contribution in [0, 0.1) is 5.82 Å². The van der Waals surface area contributed by atoms with Crippen LogP contribution < -0.4 is 10.6 Å². The first-order valence-corrected chi connectivity index (χ1v) is 9.40. The third-order valence-electron chi connectivity index (χ3n) is 4.42. The molecule has 2 aromatic carbocycles. The summed E-state index contributed by atoms with van der Waals surface area (Å²) in [6, 6.07) is 19.5. The van der Waals surface area contributed by atoms with Crippen LogP contribution in [0.4, 0.5) is 4.39 Å². The first-order valence-electron chi connectivity index (χ1n) is 9.40. The number of rotatable bonds is 8. The van der Waals surface area contributed by atoms with Gasteiger partial charge in [-0.1, -0.05) is 36.4 Å². The van der Waals surface area contributed by atoms with Gasteiger partial charge in [-0.3, -0.25) is 14.6 Å². The minimum atomic E-state index is -0.751. The Hall–Kier alpha value is -3.54. The van der Waals surface area contributed by atoms with Gasteiger partial charge in [0.2, 0.25) is 5.91 Å². The number of aromatic nitrogens is 1. The highest BCUT2D eigenvalue weighted by atomic mass is 19.1. The second kappa shape index (κ2) is 10.1. The van der Waals surface area contributed by atoms with Gasteiger partial charge in [0.25, 0.3) is 5.91 Å². The van der Waals surface area contributed by atoms with E-state index in [4.69, 9.17) is 0 Å². The summed E-state index contributed by atoms with van der Waals surface area (Å²) in [5.41, 5.74) is 2.10. The fourth-order valence-electron chi connectivity index (χ4n) is 2.88. The highest BCUT2D eigenvalue weighted by molar-refractivity contribution is 5.97. The van der Waals surface area contributed by atoms with Crippen LogP contribution in [0.25, 0.3) is 0 Å². The Morgan fingerprint density at radius 1 is 0.931 bits per heavy atom. The molecule has 0 aliphatic carbocycles.